The van der Waals surface area contributed by atoms with Crippen LogP contribution in [0.1, 0.15) is 78.0 Å². The van der Waals surface area contributed by atoms with E-state index in [1.807, 2.05) is 17.0 Å². The number of carbonyl (C=O) groups is 1. The van der Waals surface area contributed by atoms with Gasteiger partial charge in [-0.1, -0.05) is 30.3 Å². The monoisotopic (exact) mass is 1070 g/mol. The van der Waals surface area contributed by atoms with Crippen LogP contribution in [0, 0.1) is 40.0 Å². The van der Waals surface area contributed by atoms with E-state index in [4.69, 9.17) is 24.2 Å². The number of aromatic nitrogens is 3. The molecule has 6 aromatic rings. The van der Waals surface area contributed by atoms with Crippen molar-refractivity contribution in [2.45, 2.75) is 87.5 Å². The first kappa shape index (κ1) is 51.0. The first-order valence-electron chi connectivity index (χ1n) is 26.7. The molecule has 1 aliphatic carbocycles. The number of sulfonamides is 1. The highest BCUT2D eigenvalue weighted by molar-refractivity contribution is 7.90. The fourth-order valence-corrected chi connectivity index (χ4v) is 13.7. The molecule has 8 heterocycles. The summed E-state index contributed by atoms with van der Waals surface area (Å²) in [5.74, 6) is -1.21. The van der Waals surface area contributed by atoms with Crippen molar-refractivity contribution >= 4 is 55.7 Å². The molecular formula is C56H62F2N10O8S. The minimum atomic E-state index is -4.66. The summed E-state index contributed by atoms with van der Waals surface area (Å²) in [6.07, 6.45) is 7.38. The predicted molar refractivity (Wildman–Crippen MR) is 285 cm³/mol. The Labute approximate surface area is 445 Å². The van der Waals surface area contributed by atoms with Crippen molar-refractivity contribution < 1.29 is 41.1 Å². The van der Waals surface area contributed by atoms with E-state index in [0.29, 0.717) is 81.5 Å². The number of aryl methyl sites for hydroxylation is 1. The van der Waals surface area contributed by atoms with Gasteiger partial charge in [-0.2, -0.15) is 4.98 Å². The topological polar surface area (TPSA) is 201 Å². The predicted octanol–water partition coefficient (Wildman–Crippen LogP) is 8.41. The van der Waals surface area contributed by atoms with Gasteiger partial charge < -0.3 is 34.3 Å². The summed E-state index contributed by atoms with van der Waals surface area (Å²) >= 11 is 0. The number of carbonyl (C=O) groups excluding carboxylic acids is 1. The molecule has 1 spiro atoms. The number of nitro benzene ring substituents is 1. The highest BCUT2D eigenvalue weighted by Crippen LogP contribution is 2.53. The first-order valence-corrected chi connectivity index (χ1v) is 28.2. The maximum atomic E-state index is 14.7. The van der Waals surface area contributed by atoms with Crippen LogP contribution >= 0.6 is 0 Å². The van der Waals surface area contributed by atoms with Crippen molar-refractivity contribution in [1.29, 1.82) is 0 Å². The lowest BCUT2D eigenvalue weighted by molar-refractivity contribution is -0.384. The number of hydrogen-bond donors (Lipinski definition) is 3. The van der Waals surface area contributed by atoms with Crippen molar-refractivity contribution in [3.8, 4) is 5.88 Å². The third kappa shape index (κ3) is 10.2. The zero-order chi connectivity index (χ0) is 53.0. The number of hydrogen-bond acceptors (Lipinski definition) is 15. The number of anilines is 4. The lowest BCUT2D eigenvalue weighted by Gasteiger charge is -2.58. The number of ether oxygens (including phenoxy) is 3. The van der Waals surface area contributed by atoms with Gasteiger partial charge in [-0.3, -0.25) is 24.7 Å². The number of rotatable bonds is 13. The van der Waals surface area contributed by atoms with Gasteiger partial charge in [0.15, 0.2) is 11.6 Å². The quantitative estimate of drug-likeness (QED) is 0.0735. The summed E-state index contributed by atoms with van der Waals surface area (Å²) < 4.78 is 76.4. The first-order chi connectivity index (χ1) is 37.3. The van der Waals surface area contributed by atoms with Crippen LogP contribution < -0.4 is 24.6 Å². The number of piperazine rings is 1. The van der Waals surface area contributed by atoms with Crippen LogP contribution in [-0.4, -0.2) is 128 Å². The van der Waals surface area contributed by atoms with E-state index in [0.717, 1.165) is 75.2 Å². The molecule has 6 aliphatic rings. The number of aromatic amines is 1. The van der Waals surface area contributed by atoms with E-state index in [2.05, 4.69) is 60.9 Å². The Balaban J connectivity index is 0.802. The van der Waals surface area contributed by atoms with E-state index < -0.39 is 49.2 Å². The van der Waals surface area contributed by atoms with Gasteiger partial charge in [0.25, 0.3) is 21.6 Å². The maximum Gasteiger partial charge on any atom is 0.293 e. The average molecular weight is 1070 g/mol. The largest absolute Gasteiger partial charge is 0.468 e. The van der Waals surface area contributed by atoms with Crippen LogP contribution in [0.4, 0.5) is 37.5 Å². The second-order valence-electron chi connectivity index (χ2n) is 21.7. The molecule has 5 aliphatic heterocycles. The molecule has 404 valence electrons. The van der Waals surface area contributed by atoms with E-state index in [9.17, 15) is 32.1 Å². The summed E-state index contributed by atoms with van der Waals surface area (Å²) in [6, 6.07) is 23.6. The number of piperidine rings is 1. The molecule has 3 atom stereocenters. The Bertz CT molecular complexity index is 3320. The van der Waals surface area contributed by atoms with E-state index in [-0.39, 0.29) is 47.1 Å². The Morgan fingerprint density at radius 3 is 2.51 bits per heavy atom. The Morgan fingerprint density at radius 2 is 1.71 bits per heavy atom. The highest BCUT2D eigenvalue weighted by atomic mass is 32.2. The van der Waals surface area contributed by atoms with Crippen molar-refractivity contribution in [1.82, 2.24) is 29.5 Å². The van der Waals surface area contributed by atoms with Crippen LogP contribution in [0.3, 0.4) is 0 Å². The van der Waals surface area contributed by atoms with Gasteiger partial charge in [-0.05, 0) is 128 Å². The lowest BCUT2D eigenvalue weighted by Crippen LogP contribution is -2.60. The lowest BCUT2D eigenvalue weighted by atomic mass is 9.59. The maximum absolute atomic E-state index is 14.7. The molecule has 0 unspecified atom stereocenters. The van der Waals surface area contributed by atoms with Crippen molar-refractivity contribution in [3.63, 3.8) is 0 Å². The highest BCUT2D eigenvalue weighted by Gasteiger charge is 2.50. The van der Waals surface area contributed by atoms with Crippen LogP contribution in [0.15, 0.2) is 96.0 Å². The number of H-pyrrole nitrogens is 1. The third-order valence-corrected chi connectivity index (χ3v) is 18.3. The number of benzene rings is 3. The Kier molecular flexibility index (Phi) is 13.8. The molecule has 1 saturated carbocycles. The molecule has 0 bridgehead atoms. The third-order valence-electron chi connectivity index (χ3n) is 17.0. The van der Waals surface area contributed by atoms with Gasteiger partial charge in [-0.25, -0.2) is 26.9 Å². The van der Waals surface area contributed by atoms with Gasteiger partial charge in [-0.15, -0.1) is 0 Å². The van der Waals surface area contributed by atoms with Crippen molar-refractivity contribution in [2.75, 3.05) is 80.8 Å². The summed E-state index contributed by atoms with van der Waals surface area (Å²) in [5.41, 5.74) is 4.30. The van der Waals surface area contributed by atoms with Gasteiger partial charge in [0.1, 0.15) is 34.8 Å². The van der Waals surface area contributed by atoms with E-state index in [1.54, 1.807) is 24.4 Å². The van der Waals surface area contributed by atoms with Gasteiger partial charge >= 0.3 is 0 Å². The second kappa shape index (κ2) is 20.9. The molecule has 5 fully saturated rings. The fourth-order valence-electron chi connectivity index (χ4n) is 12.7. The van der Waals surface area contributed by atoms with E-state index in [1.165, 1.54) is 35.4 Å². The normalized spacial score (nSPS) is 22.2. The molecule has 4 saturated heterocycles. The Morgan fingerprint density at radius 1 is 0.909 bits per heavy atom. The average Bonchev–Trinajstić information content (AvgIpc) is 3.91. The molecular weight excluding hydrogens is 1010 g/mol. The smallest absolute Gasteiger partial charge is 0.293 e. The standard InChI is InChI=1S/C56H62F2N10O8S/c1-35-4-2-3-5-41(35)49-33-64(32-37-6-9-43(57)44(58)26-37)21-22-66(49)39-29-56(30-39)16-19-65(20-17-56)51-11-8-42(53(61-51)67-46-15-25-75-34-50(46)76-55-48(67)27-38-12-18-59-52(38)62-55)54(69)63-77(72,73)40-7-10-45(47(28-40)68(70)71)60-31-36-13-23-74-24-14-36/h2-12,18,26-28,36,39,46,49-50,60H,13-17,19-25,29-34H2,1H3,(H,59,62)(H,63,69)/t46-,49-,50-/m0/s1. The number of halogens is 2. The number of nitrogens with zero attached hydrogens (tertiary/aromatic N) is 7. The number of fused-ring (bicyclic) bond motifs is 3. The molecule has 1 amide bonds. The molecule has 3 aromatic heterocycles. The molecule has 3 aromatic carbocycles. The number of amides is 1. The van der Waals surface area contributed by atoms with Gasteiger partial charge in [0, 0.05) is 95.4 Å². The summed E-state index contributed by atoms with van der Waals surface area (Å²) in [6.45, 7) is 8.91. The van der Waals surface area contributed by atoms with Crippen molar-refractivity contribution in [2.24, 2.45) is 11.3 Å². The number of pyridine rings is 2. The van der Waals surface area contributed by atoms with Crippen LogP contribution in [0.2, 0.25) is 0 Å². The van der Waals surface area contributed by atoms with Gasteiger partial charge in [0.2, 0.25) is 5.88 Å². The SMILES string of the molecule is Cc1ccccc1[C@@H]1CN(Cc2ccc(F)c(F)c2)CCN1C1CC2(CCN(c3ccc(C(=O)NS(=O)(=O)c4ccc(NCC5CCOCC5)c([N+](=O)[O-])c4)c(N4c5cc6cc[nH]c6nc5O[C@H]5COCC[C@@H]54)n3)CC2)C1. The minimum absolute atomic E-state index is 0.0164. The minimum Gasteiger partial charge on any atom is -0.468 e. The molecule has 21 heteroatoms. The molecule has 18 nitrogen and oxygen atoms in total. The fraction of sp³-hybridized carbons (Fsp3) is 0.446. The summed E-state index contributed by atoms with van der Waals surface area (Å²) in [5, 5.41) is 16.3. The van der Waals surface area contributed by atoms with Crippen LogP contribution in [0.25, 0.3) is 11.0 Å². The summed E-state index contributed by atoms with van der Waals surface area (Å²) in [4.78, 5) is 48.4. The van der Waals surface area contributed by atoms with E-state index >= 15 is 0 Å². The molecule has 3 N–H and O–H groups in total. The zero-order valence-corrected chi connectivity index (χ0v) is 43.7. The molecule has 12 rings (SSSR count). The second-order valence-corrected chi connectivity index (χ2v) is 23.4. The Hall–Kier alpha value is -6.78. The zero-order valence-electron chi connectivity index (χ0n) is 42.8. The number of nitro groups is 1. The molecule has 77 heavy (non-hydrogen) atoms. The van der Waals surface area contributed by atoms with Gasteiger partial charge in [0.05, 0.1) is 28.0 Å². The number of nitrogens with one attached hydrogen (secondary N) is 3. The molecule has 0 radical (unpaired) electrons. The van der Waals surface area contributed by atoms with Crippen LogP contribution in [-0.2, 0) is 26.0 Å². The van der Waals surface area contributed by atoms with Crippen LogP contribution in [0.5, 0.6) is 5.88 Å². The van der Waals surface area contributed by atoms with Crippen molar-refractivity contribution in [3.05, 3.63) is 135 Å². The summed E-state index contributed by atoms with van der Waals surface area (Å²) in [7, 11) is -4.66.